The second-order valence-corrected chi connectivity index (χ2v) is 9.78. The second-order valence-electron chi connectivity index (χ2n) is 9.78. The maximum Gasteiger partial charge on any atom is 0.410 e. The number of ether oxygens (including phenoxy) is 1. The lowest BCUT2D eigenvalue weighted by molar-refractivity contribution is -0.138. The fourth-order valence-electron chi connectivity index (χ4n) is 5.02. The molecule has 1 saturated heterocycles. The molecule has 2 aliphatic rings. The minimum Gasteiger partial charge on any atom is -0.481 e. The van der Waals surface area contributed by atoms with Crippen LogP contribution >= 0.6 is 0 Å². The molecule has 2 aromatic rings. The molecule has 11 heteroatoms. The zero-order valence-electron chi connectivity index (χ0n) is 20.9. The van der Waals surface area contributed by atoms with Gasteiger partial charge in [-0.3, -0.25) is 14.5 Å². The number of carbonyl (C=O) groups is 2. The number of carboxylic acid groups (broad SMARTS) is 1. The predicted octanol–water partition coefficient (Wildman–Crippen LogP) is 4.10. The molecule has 4 rings (SSSR count). The molecule has 1 saturated carbocycles. The summed E-state index contributed by atoms with van der Waals surface area (Å²) in [5, 5.41) is 13.5. The number of rotatable bonds is 8. The van der Waals surface area contributed by atoms with Gasteiger partial charge in [0.2, 0.25) is 0 Å². The summed E-state index contributed by atoms with van der Waals surface area (Å²) in [7, 11) is 3.22. The van der Waals surface area contributed by atoms with Crippen molar-refractivity contribution in [3.05, 3.63) is 29.7 Å². The highest BCUT2D eigenvalue weighted by atomic mass is 19.3. The number of aromatic nitrogens is 3. The van der Waals surface area contributed by atoms with Crippen LogP contribution in [0.25, 0.3) is 11.3 Å². The summed E-state index contributed by atoms with van der Waals surface area (Å²) >= 11 is 0. The topological polar surface area (TPSA) is 101 Å². The molecule has 2 aromatic heterocycles. The molecule has 2 fully saturated rings. The first kappa shape index (κ1) is 25.8. The maximum absolute atomic E-state index is 13.2. The maximum atomic E-state index is 13.2. The van der Waals surface area contributed by atoms with Crippen LogP contribution in [0.5, 0.6) is 0 Å². The number of aliphatic carboxylic acids is 1. The lowest BCUT2D eigenvalue weighted by Gasteiger charge is -2.40. The van der Waals surface area contributed by atoms with Gasteiger partial charge in [-0.1, -0.05) is 6.92 Å². The Kier molecular flexibility index (Phi) is 7.46. The number of alkyl halides is 2. The third kappa shape index (κ3) is 5.60. The van der Waals surface area contributed by atoms with Crippen LogP contribution in [0.1, 0.15) is 50.4 Å². The quantitative estimate of drug-likeness (QED) is 0.576. The van der Waals surface area contributed by atoms with Gasteiger partial charge in [-0.25, -0.2) is 13.6 Å². The van der Waals surface area contributed by atoms with Gasteiger partial charge in [-0.05, 0) is 37.3 Å². The zero-order chi connectivity index (χ0) is 26.0. The molecule has 196 valence electrons. The average Bonchev–Trinajstić information content (AvgIpc) is 3.19. The van der Waals surface area contributed by atoms with Gasteiger partial charge in [-0.15, -0.1) is 0 Å². The van der Waals surface area contributed by atoms with Crippen molar-refractivity contribution >= 4 is 17.7 Å². The smallest absolute Gasteiger partial charge is 0.410 e. The van der Waals surface area contributed by atoms with Crippen LogP contribution in [0.3, 0.4) is 0 Å². The van der Waals surface area contributed by atoms with Crippen LogP contribution < -0.4 is 4.90 Å². The number of nitrogens with zero attached hydrogens (tertiary/aromatic N) is 5. The number of piperidine rings is 1. The second kappa shape index (κ2) is 10.4. The Hall–Kier alpha value is -3.24. The number of pyridine rings is 1. The summed E-state index contributed by atoms with van der Waals surface area (Å²) < 4.78 is 33.4. The molecule has 36 heavy (non-hydrogen) atoms. The minimum atomic E-state index is -2.71. The Morgan fingerprint density at radius 1 is 1.31 bits per heavy atom. The summed E-state index contributed by atoms with van der Waals surface area (Å²) in [5.41, 5.74) is 3.98. The first-order valence-corrected chi connectivity index (χ1v) is 12.3. The highest BCUT2D eigenvalue weighted by Gasteiger charge is 2.48. The first-order chi connectivity index (χ1) is 17.1. The molecule has 1 aliphatic heterocycles. The van der Waals surface area contributed by atoms with Crippen LogP contribution in [0, 0.1) is 5.92 Å². The standard InChI is InChI=1S/C25H33F2N5O4/c1-4-19-21(32-9-5-6-16(14-32)10-23(33)34)8-7-20(29-19)18-13-28-31(3)22(18)15-36-24(35)30(2)17-11-25(26,27)12-17/h7-8,13,16-17H,4-6,9-12,14-15H2,1-3H3,(H,33,34). The van der Waals surface area contributed by atoms with Gasteiger partial charge in [0.1, 0.15) is 6.61 Å². The monoisotopic (exact) mass is 505 g/mol. The molecule has 0 spiro atoms. The van der Waals surface area contributed by atoms with E-state index in [1.807, 2.05) is 19.1 Å². The van der Waals surface area contributed by atoms with Crippen molar-refractivity contribution in [3.63, 3.8) is 0 Å². The van der Waals surface area contributed by atoms with E-state index in [4.69, 9.17) is 9.72 Å². The fourth-order valence-corrected chi connectivity index (χ4v) is 5.02. The van der Waals surface area contributed by atoms with E-state index in [0.717, 1.165) is 36.3 Å². The third-order valence-corrected chi connectivity index (χ3v) is 7.18. The first-order valence-electron chi connectivity index (χ1n) is 12.3. The van der Waals surface area contributed by atoms with Gasteiger partial charge < -0.3 is 19.6 Å². The van der Waals surface area contributed by atoms with E-state index in [-0.39, 0.29) is 31.8 Å². The largest absolute Gasteiger partial charge is 0.481 e. The van der Waals surface area contributed by atoms with E-state index in [1.165, 1.54) is 11.9 Å². The number of amides is 1. The van der Waals surface area contributed by atoms with Crippen molar-refractivity contribution in [2.45, 2.75) is 64.0 Å². The van der Waals surface area contributed by atoms with E-state index in [1.54, 1.807) is 17.9 Å². The SMILES string of the molecule is CCc1nc(-c2cnn(C)c2COC(=O)N(C)C2CC(F)(F)C2)ccc1N1CCCC(CC(=O)O)C1. The van der Waals surface area contributed by atoms with E-state index in [2.05, 4.69) is 10.00 Å². The summed E-state index contributed by atoms with van der Waals surface area (Å²) in [6, 6.07) is 3.39. The third-order valence-electron chi connectivity index (χ3n) is 7.18. The Morgan fingerprint density at radius 3 is 2.72 bits per heavy atom. The Labute approximate surface area is 209 Å². The average molecular weight is 506 g/mol. The molecule has 0 aromatic carbocycles. The van der Waals surface area contributed by atoms with Gasteiger partial charge in [0, 0.05) is 58.1 Å². The Bertz CT molecular complexity index is 1110. The molecule has 0 bridgehead atoms. The number of anilines is 1. The van der Waals surface area contributed by atoms with Crippen molar-refractivity contribution in [2.75, 3.05) is 25.0 Å². The highest BCUT2D eigenvalue weighted by Crippen LogP contribution is 2.40. The van der Waals surface area contributed by atoms with Crippen LogP contribution in [0.2, 0.25) is 0 Å². The van der Waals surface area contributed by atoms with E-state index >= 15 is 0 Å². The fraction of sp³-hybridized carbons (Fsp3) is 0.600. The van der Waals surface area contributed by atoms with E-state index in [9.17, 15) is 23.5 Å². The van der Waals surface area contributed by atoms with Gasteiger partial charge in [0.15, 0.2) is 0 Å². The molecule has 1 atom stereocenters. The van der Waals surface area contributed by atoms with E-state index < -0.39 is 24.0 Å². The molecule has 1 N–H and O–H groups in total. The van der Waals surface area contributed by atoms with Crippen molar-refractivity contribution in [2.24, 2.45) is 13.0 Å². The van der Waals surface area contributed by atoms with Crippen molar-refractivity contribution in [1.29, 1.82) is 0 Å². The van der Waals surface area contributed by atoms with Gasteiger partial charge in [-0.2, -0.15) is 5.10 Å². The van der Waals surface area contributed by atoms with Crippen LogP contribution in [0.4, 0.5) is 19.3 Å². The number of aryl methyl sites for hydroxylation is 2. The van der Waals surface area contributed by atoms with Gasteiger partial charge in [0.05, 0.1) is 29.0 Å². The van der Waals surface area contributed by atoms with Crippen LogP contribution in [-0.2, 0) is 29.6 Å². The zero-order valence-corrected chi connectivity index (χ0v) is 20.9. The Morgan fingerprint density at radius 2 is 2.06 bits per heavy atom. The number of carbonyl (C=O) groups excluding carboxylic acids is 1. The summed E-state index contributed by atoms with van der Waals surface area (Å²) in [6.45, 7) is 3.51. The summed E-state index contributed by atoms with van der Waals surface area (Å²) in [5.74, 6) is -3.37. The summed E-state index contributed by atoms with van der Waals surface area (Å²) in [6.07, 6.45) is 3.04. The summed E-state index contributed by atoms with van der Waals surface area (Å²) in [4.78, 5) is 31.9. The molecule has 0 radical (unpaired) electrons. The van der Waals surface area contributed by atoms with Gasteiger partial charge >= 0.3 is 12.1 Å². The lowest BCUT2D eigenvalue weighted by Crippen LogP contribution is -2.51. The van der Waals surface area contributed by atoms with Gasteiger partial charge in [0.25, 0.3) is 5.92 Å². The molecule has 1 aliphatic carbocycles. The molecule has 9 nitrogen and oxygen atoms in total. The number of carboxylic acids is 1. The van der Waals surface area contributed by atoms with Crippen molar-refractivity contribution in [3.8, 4) is 11.3 Å². The minimum absolute atomic E-state index is 0.0635. The van der Waals surface area contributed by atoms with Crippen LogP contribution in [-0.4, -0.2) is 68.9 Å². The number of hydrogen-bond donors (Lipinski definition) is 1. The van der Waals surface area contributed by atoms with Crippen molar-refractivity contribution < 1.29 is 28.2 Å². The van der Waals surface area contributed by atoms with Crippen molar-refractivity contribution in [1.82, 2.24) is 19.7 Å². The molecular formula is C25H33F2N5O4. The molecule has 1 unspecified atom stereocenters. The predicted molar refractivity (Wildman–Crippen MR) is 129 cm³/mol. The number of halogens is 2. The van der Waals surface area contributed by atoms with Crippen LogP contribution in [0.15, 0.2) is 18.3 Å². The molecular weight excluding hydrogens is 472 g/mol. The lowest BCUT2D eigenvalue weighted by atomic mass is 9.87. The normalized spacial score (nSPS) is 19.6. The number of hydrogen-bond acceptors (Lipinski definition) is 6. The molecule has 1 amide bonds. The van der Waals surface area contributed by atoms with E-state index in [0.29, 0.717) is 24.4 Å². The Balaban J connectivity index is 1.47. The molecule has 3 heterocycles. The highest BCUT2D eigenvalue weighted by molar-refractivity contribution is 5.69.